The van der Waals surface area contributed by atoms with Gasteiger partial charge in [-0.2, -0.15) is 0 Å². The average molecular weight is 383 g/mol. The quantitative estimate of drug-likeness (QED) is 0.845. The first-order valence-electron chi connectivity index (χ1n) is 10.4. The summed E-state index contributed by atoms with van der Waals surface area (Å²) in [5.41, 5.74) is 4.42. The highest BCUT2D eigenvalue weighted by atomic mass is 16.3. The van der Waals surface area contributed by atoms with Crippen LogP contribution in [-0.4, -0.2) is 30.1 Å². The summed E-state index contributed by atoms with van der Waals surface area (Å²) in [6.07, 6.45) is 8.44. The molecule has 0 aliphatic heterocycles. The van der Waals surface area contributed by atoms with Crippen LogP contribution in [-0.2, 0) is 19.3 Å². The van der Waals surface area contributed by atoms with Crippen molar-refractivity contribution in [2.24, 2.45) is 23.7 Å². The van der Waals surface area contributed by atoms with E-state index in [-0.39, 0.29) is 17.8 Å². The molecule has 0 fully saturated rings. The Morgan fingerprint density at radius 1 is 0.964 bits per heavy atom. The summed E-state index contributed by atoms with van der Waals surface area (Å²) in [6.45, 7) is 6.48. The molecule has 0 spiro atoms. The van der Waals surface area contributed by atoms with Crippen LogP contribution in [0.3, 0.4) is 0 Å². The van der Waals surface area contributed by atoms with Crippen molar-refractivity contribution in [2.75, 3.05) is 0 Å². The summed E-state index contributed by atoms with van der Waals surface area (Å²) >= 11 is 0. The van der Waals surface area contributed by atoms with Gasteiger partial charge in [0.25, 0.3) is 0 Å². The van der Waals surface area contributed by atoms with Crippen LogP contribution in [0.25, 0.3) is 0 Å². The van der Waals surface area contributed by atoms with Crippen LogP contribution in [0.15, 0.2) is 18.7 Å². The summed E-state index contributed by atoms with van der Waals surface area (Å²) in [5.74, 6) is 1.06. The van der Waals surface area contributed by atoms with E-state index in [0.29, 0.717) is 5.92 Å². The smallest absolute Gasteiger partial charge is 0.115 e. The highest BCUT2D eigenvalue weighted by molar-refractivity contribution is 5.24. The van der Waals surface area contributed by atoms with Crippen LogP contribution in [0.2, 0.25) is 0 Å². The lowest BCUT2D eigenvalue weighted by Gasteiger charge is -2.34. The van der Waals surface area contributed by atoms with Gasteiger partial charge in [-0.15, -0.1) is 0 Å². The molecule has 2 N–H and O–H groups in total. The largest absolute Gasteiger partial charge is 0.388 e. The second-order valence-corrected chi connectivity index (χ2v) is 8.84. The molecular weight excluding hydrogens is 352 g/mol. The van der Waals surface area contributed by atoms with Crippen molar-refractivity contribution < 1.29 is 10.2 Å². The molecule has 0 radical (unpaired) electrons. The summed E-state index contributed by atoms with van der Waals surface area (Å²) in [7, 11) is 0. The molecule has 2 heterocycles. The maximum absolute atomic E-state index is 10.8. The lowest BCUT2D eigenvalue weighted by Crippen LogP contribution is -2.29. The summed E-state index contributed by atoms with van der Waals surface area (Å²) in [6, 6.07) is 0. The molecule has 2 aromatic heterocycles. The average Bonchev–Trinajstić information content (AvgIpc) is 2.69. The van der Waals surface area contributed by atoms with Crippen LogP contribution in [0, 0.1) is 23.7 Å². The van der Waals surface area contributed by atoms with Crippen molar-refractivity contribution in [1.29, 1.82) is 0 Å². The van der Waals surface area contributed by atoms with E-state index in [0.717, 1.165) is 60.4 Å². The van der Waals surface area contributed by atoms with Gasteiger partial charge in [0.2, 0.25) is 0 Å². The van der Waals surface area contributed by atoms with E-state index in [1.54, 1.807) is 12.5 Å². The zero-order chi connectivity index (χ0) is 19.8. The molecule has 2 aromatic rings. The van der Waals surface area contributed by atoms with Crippen molar-refractivity contribution in [3.05, 3.63) is 47.1 Å². The van der Waals surface area contributed by atoms with Gasteiger partial charge < -0.3 is 10.2 Å². The van der Waals surface area contributed by atoms with Gasteiger partial charge in [-0.1, -0.05) is 20.8 Å². The predicted molar refractivity (Wildman–Crippen MR) is 105 cm³/mol. The van der Waals surface area contributed by atoms with E-state index in [4.69, 9.17) is 4.98 Å². The number of hydrogen-bond donors (Lipinski definition) is 2. The fraction of sp³-hybridized carbons (Fsp3) is 0.636. The van der Waals surface area contributed by atoms with Crippen LogP contribution >= 0.6 is 0 Å². The molecule has 0 saturated heterocycles. The van der Waals surface area contributed by atoms with Crippen LogP contribution in [0.4, 0.5) is 0 Å². The predicted octanol–water partition coefficient (Wildman–Crippen LogP) is 2.99. The third-order valence-electron chi connectivity index (χ3n) is 6.71. The lowest BCUT2D eigenvalue weighted by atomic mass is 9.76. The van der Waals surface area contributed by atoms with Gasteiger partial charge in [0.05, 0.1) is 23.2 Å². The Morgan fingerprint density at radius 3 is 2.50 bits per heavy atom. The van der Waals surface area contributed by atoms with E-state index in [1.807, 2.05) is 6.20 Å². The summed E-state index contributed by atoms with van der Waals surface area (Å²) in [5, 5.41) is 21.6. The number of nitrogens with zero attached hydrogens (tertiary/aromatic N) is 4. The van der Waals surface area contributed by atoms with Gasteiger partial charge in [-0.25, -0.2) is 9.97 Å². The number of rotatable bonds is 4. The van der Waals surface area contributed by atoms with Crippen molar-refractivity contribution in [1.82, 2.24) is 19.9 Å². The first-order chi connectivity index (χ1) is 13.5. The zero-order valence-electron chi connectivity index (χ0n) is 16.9. The molecule has 0 bridgehead atoms. The minimum atomic E-state index is -0.540. The fourth-order valence-electron chi connectivity index (χ4n) is 4.95. The fourth-order valence-corrected chi connectivity index (χ4v) is 4.95. The molecule has 6 nitrogen and oxygen atoms in total. The number of aromatic nitrogens is 4. The molecular formula is C22H30N4O2. The summed E-state index contributed by atoms with van der Waals surface area (Å²) < 4.78 is 0. The van der Waals surface area contributed by atoms with Crippen molar-refractivity contribution in [3.63, 3.8) is 0 Å². The number of aryl methyl sites for hydroxylation is 2. The third-order valence-corrected chi connectivity index (χ3v) is 6.71. The van der Waals surface area contributed by atoms with E-state index in [1.165, 1.54) is 0 Å². The number of fused-ring (bicyclic) bond motifs is 2. The number of hydrogen-bond acceptors (Lipinski definition) is 6. The molecule has 0 amide bonds. The van der Waals surface area contributed by atoms with Gasteiger partial charge in [0.1, 0.15) is 12.4 Å². The van der Waals surface area contributed by atoms with E-state index in [2.05, 4.69) is 35.7 Å². The Hall–Kier alpha value is -1.92. The molecule has 6 heteroatoms. The molecule has 2 aliphatic rings. The minimum absolute atomic E-state index is 0.143. The van der Waals surface area contributed by atoms with Crippen molar-refractivity contribution in [2.45, 2.75) is 65.1 Å². The Morgan fingerprint density at radius 2 is 1.71 bits per heavy atom. The molecule has 4 rings (SSSR count). The van der Waals surface area contributed by atoms with Gasteiger partial charge in [-0.05, 0) is 55.8 Å². The molecule has 28 heavy (non-hydrogen) atoms. The van der Waals surface area contributed by atoms with E-state index >= 15 is 0 Å². The topological polar surface area (TPSA) is 92.0 Å². The molecule has 150 valence electrons. The highest BCUT2D eigenvalue weighted by Crippen LogP contribution is 2.39. The second-order valence-electron chi connectivity index (χ2n) is 8.84. The number of aliphatic hydroxyl groups is 2. The third kappa shape index (κ3) is 3.55. The first kappa shape index (κ1) is 19.4. The van der Waals surface area contributed by atoms with Gasteiger partial charge >= 0.3 is 0 Å². The van der Waals surface area contributed by atoms with Crippen LogP contribution in [0.5, 0.6) is 0 Å². The Bertz CT molecular complexity index is 841. The summed E-state index contributed by atoms with van der Waals surface area (Å²) in [4.78, 5) is 17.8. The Labute approximate surface area is 166 Å². The van der Waals surface area contributed by atoms with Crippen LogP contribution < -0.4 is 0 Å². The van der Waals surface area contributed by atoms with Crippen molar-refractivity contribution in [3.8, 4) is 0 Å². The molecule has 0 aromatic carbocycles. The molecule has 5 unspecified atom stereocenters. The van der Waals surface area contributed by atoms with Crippen LogP contribution in [0.1, 0.15) is 74.2 Å². The zero-order valence-corrected chi connectivity index (χ0v) is 16.9. The maximum atomic E-state index is 10.8. The monoisotopic (exact) mass is 382 g/mol. The van der Waals surface area contributed by atoms with Gasteiger partial charge in [0, 0.05) is 23.7 Å². The maximum Gasteiger partial charge on any atom is 0.115 e. The SMILES string of the molecule is CC(C)C1CCc2ncc(CC(C)C3CCc4ncncc4C3O)nc2C1O. The second kappa shape index (κ2) is 7.84. The lowest BCUT2D eigenvalue weighted by molar-refractivity contribution is 0.0579. The van der Waals surface area contributed by atoms with E-state index < -0.39 is 12.2 Å². The van der Waals surface area contributed by atoms with Gasteiger partial charge in [0.15, 0.2) is 0 Å². The minimum Gasteiger partial charge on any atom is -0.388 e. The number of aliphatic hydroxyl groups excluding tert-OH is 2. The Kier molecular flexibility index (Phi) is 5.43. The highest BCUT2D eigenvalue weighted by Gasteiger charge is 2.34. The van der Waals surface area contributed by atoms with Gasteiger partial charge in [-0.3, -0.25) is 9.97 Å². The molecule has 2 aliphatic carbocycles. The molecule has 5 atom stereocenters. The normalized spacial score (nSPS) is 27.9. The van der Waals surface area contributed by atoms with E-state index in [9.17, 15) is 10.2 Å². The first-order valence-corrected chi connectivity index (χ1v) is 10.4. The standard InChI is InChI=1S/C22H30N4O2/c1-12(2)15-4-7-19-20(22(15)28)26-14(9-24-19)8-13(3)16-5-6-18-17(21(16)27)10-23-11-25-18/h9-13,15-16,21-22,27-28H,4-8H2,1-3H3. The molecule has 0 saturated carbocycles. The van der Waals surface area contributed by atoms with Crippen molar-refractivity contribution >= 4 is 0 Å². The Balaban J connectivity index is 1.51.